The highest BCUT2D eigenvalue weighted by Gasteiger charge is 2.14. The van der Waals surface area contributed by atoms with Gasteiger partial charge in [0.05, 0.1) is 14.2 Å². The van der Waals surface area contributed by atoms with Crippen molar-refractivity contribution in [3.63, 3.8) is 0 Å². The molecule has 0 atom stereocenters. The van der Waals surface area contributed by atoms with E-state index in [1.807, 2.05) is 30.4 Å². The van der Waals surface area contributed by atoms with Crippen LogP contribution in [-0.4, -0.2) is 30.8 Å². The minimum absolute atomic E-state index is 0.261. The third kappa shape index (κ3) is 3.54. The average Bonchev–Trinajstić information content (AvgIpc) is 3.03. The van der Waals surface area contributed by atoms with E-state index in [4.69, 9.17) is 9.47 Å². The molecule has 1 heterocycles. The van der Waals surface area contributed by atoms with E-state index in [1.165, 1.54) is 5.56 Å². The summed E-state index contributed by atoms with van der Waals surface area (Å²) in [4.78, 5) is 2.25. The van der Waals surface area contributed by atoms with Gasteiger partial charge in [-0.2, -0.15) is 0 Å². The Morgan fingerprint density at radius 2 is 1.82 bits per heavy atom. The van der Waals surface area contributed by atoms with Crippen molar-refractivity contribution in [3.05, 3.63) is 94.0 Å². The summed E-state index contributed by atoms with van der Waals surface area (Å²) in [5, 5.41) is 12.3. The summed E-state index contributed by atoms with van der Waals surface area (Å²) in [6.45, 7) is 1.71. The fourth-order valence-corrected chi connectivity index (χ4v) is 3.49. The number of methoxy groups -OCH3 is 2. The second-order valence-electron chi connectivity index (χ2n) is 6.82. The molecule has 0 radical (unpaired) electrons. The lowest BCUT2D eigenvalue weighted by Gasteiger charge is -2.22. The number of fused-ring (bicyclic) bond motifs is 1. The highest BCUT2D eigenvalue weighted by molar-refractivity contribution is 5.79. The molecule has 1 aliphatic carbocycles. The molecule has 1 aliphatic heterocycles. The summed E-state index contributed by atoms with van der Waals surface area (Å²) in [6.07, 6.45) is 10.3. The topological polar surface area (TPSA) is 41.9 Å². The molecule has 2 aromatic carbocycles. The van der Waals surface area contributed by atoms with Gasteiger partial charge in [-0.25, -0.2) is 0 Å². The number of hydrogen-bond donors (Lipinski definition) is 1. The number of rotatable bonds is 5. The predicted octanol–water partition coefficient (Wildman–Crippen LogP) is 3.05. The molecule has 0 unspecified atom stereocenters. The fraction of sp³-hybridized carbons (Fsp3) is 0.167. The summed E-state index contributed by atoms with van der Waals surface area (Å²) in [5.74, 6) is 1.52. The van der Waals surface area contributed by atoms with E-state index >= 15 is 0 Å². The van der Waals surface area contributed by atoms with Crippen molar-refractivity contribution in [2.45, 2.75) is 6.54 Å². The molecule has 2 aliphatic rings. The molecule has 0 saturated heterocycles. The van der Waals surface area contributed by atoms with Crippen LogP contribution in [0, 0.1) is 0 Å². The first-order chi connectivity index (χ1) is 13.7. The fourth-order valence-electron chi connectivity index (χ4n) is 3.49. The van der Waals surface area contributed by atoms with Crippen molar-refractivity contribution in [1.29, 1.82) is 0 Å². The maximum Gasteiger partial charge on any atom is 0.161 e. The molecule has 0 bridgehead atoms. The molecule has 4 rings (SSSR count). The molecule has 28 heavy (non-hydrogen) atoms. The van der Waals surface area contributed by atoms with Gasteiger partial charge in [0.1, 0.15) is 5.76 Å². The standard InChI is InChI=1S/C24H23NO3/c1-27-22-14-19-13-20(24(26)21(19)15-23(22)28-2)12-17-8-10-25(11-9-17)16-18-6-4-3-5-7-18/h3-10,12-15,26H,11,16H2,1-2H3/b20-12+. The summed E-state index contributed by atoms with van der Waals surface area (Å²) in [6, 6.07) is 14.1. The zero-order chi connectivity index (χ0) is 19.5. The number of ether oxygens (including phenoxy) is 2. The molecular formula is C24H23NO3. The van der Waals surface area contributed by atoms with E-state index in [2.05, 4.69) is 47.5 Å². The maximum absolute atomic E-state index is 10.7. The number of aliphatic hydroxyl groups excluding tert-OH is 1. The number of benzene rings is 2. The lowest BCUT2D eigenvalue weighted by Crippen LogP contribution is -2.23. The maximum atomic E-state index is 10.7. The lowest BCUT2D eigenvalue weighted by atomic mass is 10.1. The Labute approximate surface area is 164 Å². The summed E-state index contributed by atoms with van der Waals surface area (Å²) in [5.41, 5.74) is 3.15. The number of hydrogen-bond acceptors (Lipinski definition) is 4. The third-order valence-electron chi connectivity index (χ3n) is 4.99. The Hall–Kier alpha value is -3.40. The first-order valence-electron chi connectivity index (χ1n) is 9.23. The van der Waals surface area contributed by atoms with Crippen LogP contribution in [0.15, 0.2) is 78.0 Å². The zero-order valence-electron chi connectivity index (χ0n) is 16.1. The van der Waals surface area contributed by atoms with Crippen molar-refractivity contribution < 1.29 is 14.6 Å². The van der Waals surface area contributed by atoms with Crippen LogP contribution in [-0.2, 0) is 6.54 Å². The lowest BCUT2D eigenvalue weighted by molar-refractivity contribution is 0.354. The molecule has 0 aromatic heterocycles. The minimum atomic E-state index is 0.261. The SMILES string of the molecule is COc1cc2c(cc1OC)=C(O)/C(=C/C1=CCN(Cc3ccccc3)C=C1)C=2. The van der Waals surface area contributed by atoms with Gasteiger partial charge in [-0.15, -0.1) is 0 Å². The second-order valence-corrected chi connectivity index (χ2v) is 6.82. The van der Waals surface area contributed by atoms with Crippen molar-refractivity contribution in [3.8, 4) is 11.5 Å². The second kappa shape index (κ2) is 7.69. The summed E-state index contributed by atoms with van der Waals surface area (Å²) >= 11 is 0. The van der Waals surface area contributed by atoms with E-state index in [-0.39, 0.29) is 5.76 Å². The Morgan fingerprint density at radius 3 is 2.50 bits per heavy atom. The third-order valence-corrected chi connectivity index (χ3v) is 4.99. The van der Waals surface area contributed by atoms with Crippen molar-refractivity contribution in [2.24, 2.45) is 0 Å². The van der Waals surface area contributed by atoms with Gasteiger partial charge in [0.2, 0.25) is 0 Å². The van der Waals surface area contributed by atoms with Crippen LogP contribution in [0.5, 0.6) is 11.5 Å². The van der Waals surface area contributed by atoms with Gasteiger partial charge in [-0.3, -0.25) is 0 Å². The molecule has 142 valence electrons. The van der Waals surface area contributed by atoms with Crippen LogP contribution >= 0.6 is 0 Å². The quantitative estimate of drug-likeness (QED) is 0.875. The van der Waals surface area contributed by atoms with Crippen LogP contribution < -0.4 is 19.9 Å². The van der Waals surface area contributed by atoms with Gasteiger partial charge >= 0.3 is 0 Å². The van der Waals surface area contributed by atoms with E-state index in [0.717, 1.165) is 34.7 Å². The van der Waals surface area contributed by atoms with Gasteiger partial charge in [0.25, 0.3) is 0 Å². The van der Waals surface area contributed by atoms with Crippen LogP contribution in [0.2, 0.25) is 0 Å². The van der Waals surface area contributed by atoms with E-state index < -0.39 is 0 Å². The van der Waals surface area contributed by atoms with E-state index in [0.29, 0.717) is 11.5 Å². The summed E-state index contributed by atoms with van der Waals surface area (Å²) in [7, 11) is 3.20. The van der Waals surface area contributed by atoms with E-state index in [1.54, 1.807) is 14.2 Å². The monoisotopic (exact) mass is 373 g/mol. The van der Waals surface area contributed by atoms with Gasteiger partial charge in [-0.1, -0.05) is 36.4 Å². The van der Waals surface area contributed by atoms with Crippen molar-refractivity contribution >= 4 is 11.8 Å². The van der Waals surface area contributed by atoms with Gasteiger partial charge in [0, 0.05) is 30.1 Å². The van der Waals surface area contributed by atoms with Crippen LogP contribution in [0.3, 0.4) is 0 Å². The first-order valence-corrected chi connectivity index (χ1v) is 9.23. The van der Waals surface area contributed by atoms with Gasteiger partial charge < -0.3 is 19.5 Å². The minimum Gasteiger partial charge on any atom is -0.507 e. The number of aliphatic hydroxyl groups is 1. The van der Waals surface area contributed by atoms with Crippen LogP contribution in [0.25, 0.3) is 11.8 Å². The highest BCUT2D eigenvalue weighted by Crippen LogP contribution is 2.25. The smallest absolute Gasteiger partial charge is 0.161 e. The normalized spacial score (nSPS) is 16.6. The predicted molar refractivity (Wildman–Crippen MR) is 111 cm³/mol. The Bertz CT molecular complexity index is 1090. The molecule has 0 spiro atoms. The van der Waals surface area contributed by atoms with Crippen molar-refractivity contribution in [1.82, 2.24) is 4.90 Å². The molecule has 4 nitrogen and oxygen atoms in total. The number of allylic oxidation sites excluding steroid dienone is 3. The number of nitrogens with zero attached hydrogens (tertiary/aromatic N) is 1. The van der Waals surface area contributed by atoms with Crippen molar-refractivity contribution in [2.75, 3.05) is 20.8 Å². The van der Waals surface area contributed by atoms with E-state index in [9.17, 15) is 5.11 Å². The molecule has 1 N–H and O–H groups in total. The Morgan fingerprint density at radius 1 is 1.07 bits per heavy atom. The molecule has 0 amide bonds. The molecule has 0 fully saturated rings. The zero-order valence-corrected chi connectivity index (χ0v) is 16.1. The van der Waals surface area contributed by atoms with Crippen LogP contribution in [0.1, 0.15) is 5.56 Å². The average molecular weight is 373 g/mol. The largest absolute Gasteiger partial charge is 0.507 e. The molecule has 2 aromatic rings. The Kier molecular flexibility index (Phi) is 4.94. The Balaban J connectivity index is 1.55. The molecule has 4 heteroatoms. The van der Waals surface area contributed by atoms with Gasteiger partial charge in [-0.05, 0) is 46.7 Å². The van der Waals surface area contributed by atoms with Gasteiger partial charge in [0.15, 0.2) is 11.5 Å². The first kappa shape index (κ1) is 18.0. The highest BCUT2D eigenvalue weighted by atomic mass is 16.5. The summed E-state index contributed by atoms with van der Waals surface area (Å²) < 4.78 is 10.7. The van der Waals surface area contributed by atoms with Crippen LogP contribution in [0.4, 0.5) is 0 Å². The molecule has 0 saturated carbocycles. The molecular weight excluding hydrogens is 350 g/mol.